The molecule has 0 radical (unpaired) electrons. The molecule has 0 aliphatic carbocycles. The maximum atomic E-state index is 12.7. The number of amides is 3. The Morgan fingerprint density at radius 3 is 2.43 bits per heavy atom. The van der Waals surface area contributed by atoms with E-state index in [9.17, 15) is 28.1 Å². The number of hydrogen-bond donors (Lipinski definition) is 1. The minimum atomic E-state index is -3.79. The summed E-state index contributed by atoms with van der Waals surface area (Å²) in [7, 11) is -3.79. The molecule has 2 aliphatic heterocycles. The Morgan fingerprint density at radius 1 is 1.11 bits per heavy atom. The van der Waals surface area contributed by atoms with Crippen molar-refractivity contribution in [2.45, 2.75) is 11.3 Å². The third-order valence-electron chi connectivity index (χ3n) is 4.79. The van der Waals surface area contributed by atoms with Gasteiger partial charge in [-0.1, -0.05) is 6.07 Å². The number of non-ortho nitro benzene ring substituents is 1. The minimum absolute atomic E-state index is 0.0347. The smallest absolute Gasteiger partial charge is 0.324 e. The molecule has 0 spiro atoms. The van der Waals surface area contributed by atoms with E-state index in [4.69, 9.17) is 0 Å². The van der Waals surface area contributed by atoms with Crippen LogP contribution in [0.5, 0.6) is 0 Å². The van der Waals surface area contributed by atoms with Crippen molar-refractivity contribution in [3.05, 3.63) is 34.4 Å². The van der Waals surface area contributed by atoms with Gasteiger partial charge in [0.15, 0.2) is 0 Å². The summed E-state index contributed by atoms with van der Waals surface area (Å²) in [5, 5.41) is 13.3. The van der Waals surface area contributed by atoms with Gasteiger partial charge in [0.05, 0.1) is 16.4 Å². The number of benzene rings is 1. The fourth-order valence-electron chi connectivity index (χ4n) is 3.23. The molecule has 2 fully saturated rings. The molecular weight excluding hydrogens is 390 g/mol. The maximum Gasteiger partial charge on any atom is 0.324 e. The zero-order chi connectivity index (χ0) is 20.3. The average molecular weight is 411 g/mol. The zero-order valence-corrected chi connectivity index (χ0v) is 15.9. The summed E-state index contributed by atoms with van der Waals surface area (Å²) in [6, 6.07) is 4.66. The quantitative estimate of drug-likeness (QED) is 0.374. The molecule has 0 aromatic heterocycles. The molecule has 152 valence electrons. The van der Waals surface area contributed by atoms with Gasteiger partial charge in [-0.15, -0.1) is 0 Å². The van der Waals surface area contributed by atoms with E-state index in [0.29, 0.717) is 32.6 Å². The van der Waals surface area contributed by atoms with E-state index >= 15 is 0 Å². The van der Waals surface area contributed by atoms with Crippen LogP contribution in [0.1, 0.15) is 6.42 Å². The average Bonchev–Trinajstić information content (AvgIpc) is 3.00. The molecule has 0 saturated carbocycles. The first-order valence-corrected chi connectivity index (χ1v) is 10.3. The van der Waals surface area contributed by atoms with E-state index in [-0.39, 0.29) is 42.2 Å². The van der Waals surface area contributed by atoms with Gasteiger partial charge in [0, 0.05) is 44.9 Å². The van der Waals surface area contributed by atoms with E-state index in [1.165, 1.54) is 27.4 Å². The van der Waals surface area contributed by atoms with Gasteiger partial charge in [0.1, 0.15) is 0 Å². The molecule has 1 N–H and O–H groups in total. The summed E-state index contributed by atoms with van der Waals surface area (Å²) in [4.78, 5) is 36.4. The van der Waals surface area contributed by atoms with E-state index < -0.39 is 14.9 Å². The third-order valence-corrected chi connectivity index (χ3v) is 6.69. The van der Waals surface area contributed by atoms with Crippen LogP contribution < -0.4 is 5.32 Å². The van der Waals surface area contributed by atoms with Crippen LogP contribution in [0.2, 0.25) is 0 Å². The molecule has 3 amide bonds. The van der Waals surface area contributed by atoms with Crippen LogP contribution in [0, 0.1) is 10.1 Å². The molecule has 3 rings (SSSR count). The van der Waals surface area contributed by atoms with Crippen LogP contribution in [0.15, 0.2) is 29.2 Å². The summed E-state index contributed by atoms with van der Waals surface area (Å²) < 4.78 is 26.8. The monoisotopic (exact) mass is 411 g/mol. The van der Waals surface area contributed by atoms with Crippen molar-refractivity contribution in [3.8, 4) is 0 Å². The van der Waals surface area contributed by atoms with Crippen LogP contribution in [0.25, 0.3) is 0 Å². The lowest BCUT2D eigenvalue weighted by molar-refractivity contribution is -0.385. The topological polar surface area (TPSA) is 133 Å². The molecule has 1 aromatic rings. The Morgan fingerprint density at radius 2 is 1.82 bits per heavy atom. The van der Waals surface area contributed by atoms with E-state index in [0.717, 1.165) is 6.07 Å². The molecule has 0 unspecified atom stereocenters. The molecule has 12 heteroatoms. The summed E-state index contributed by atoms with van der Waals surface area (Å²) >= 11 is 0. The number of imide groups is 1. The number of nitrogens with one attached hydrogen (secondary N) is 1. The first-order chi connectivity index (χ1) is 13.3. The predicted octanol–water partition coefficient (Wildman–Crippen LogP) is -0.157. The van der Waals surface area contributed by atoms with Crippen molar-refractivity contribution < 1.29 is 22.9 Å². The van der Waals surface area contributed by atoms with Gasteiger partial charge in [-0.05, 0) is 19.0 Å². The lowest BCUT2D eigenvalue weighted by Crippen LogP contribution is -2.49. The molecule has 11 nitrogen and oxygen atoms in total. The van der Waals surface area contributed by atoms with Crippen LogP contribution >= 0.6 is 0 Å². The van der Waals surface area contributed by atoms with Gasteiger partial charge in [0.2, 0.25) is 15.9 Å². The molecule has 2 heterocycles. The number of rotatable bonds is 7. The normalized spacial score (nSPS) is 19.1. The minimum Gasteiger partial charge on any atom is -0.329 e. The second-order valence-corrected chi connectivity index (χ2v) is 8.50. The Balaban J connectivity index is 1.52. The van der Waals surface area contributed by atoms with E-state index in [1.54, 1.807) is 0 Å². The fraction of sp³-hybridized carbons (Fsp3) is 0.500. The highest BCUT2D eigenvalue weighted by Crippen LogP contribution is 2.22. The molecular formula is C16H21N5O6S. The standard InChI is InChI=1S/C16H21N5O6S/c22-15-12-17-16(23)20(15)6-2-5-18-7-9-19(10-8-18)28(26,27)14-4-1-3-13(11-14)21(24)25/h1,3-4,11H,2,5-10,12H2,(H,17,23). The molecule has 2 saturated heterocycles. The highest BCUT2D eigenvalue weighted by atomic mass is 32.2. The third kappa shape index (κ3) is 4.29. The summed E-state index contributed by atoms with van der Waals surface area (Å²) in [5.41, 5.74) is -0.264. The number of nitro benzene ring substituents is 1. The largest absolute Gasteiger partial charge is 0.329 e. The van der Waals surface area contributed by atoms with Crippen LogP contribution in [0.3, 0.4) is 0 Å². The van der Waals surface area contributed by atoms with Gasteiger partial charge < -0.3 is 10.2 Å². The molecule has 0 atom stereocenters. The first-order valence-electron chi connectivity index (χ1n) is 8.84. The number of nitrogens with zero attached hydrogens (tertiary/aromatic N) is 4. The van der Waals surface area contributed by atoms with Crippen molar-refractivity contribution in [1.29, 1.82) is 0 Å². The second kappa shape index (κ2) is 8.20. The zero-order valence-electron chi connectivity index (χ0n) is 15.1. The number of hydrogen-bond acceptors (Lipinski definition) is 7. The Kier molecular flexibility index (Phi) is 5.91. The lowest BCUT2D eigenvalue weighted by Gasteiger charge is -2.34. The molecule has 0 bridgehead atoms. The maximum absolute atomic E-state index is 12.7. The number of carbonyl (C=O) groups excluding carboxylic acids is 2. The summed E-state index contributed by atoms with van der Waals surface area (Å²) in [6.45, 7) is 2.57. The SMILES string of the molecule is O=C1CNC(=O)N1CCCN1CCN(S(=O)(=O)c2cccc([N+](=O)[O-])c2)CC1. The molecule has 2 aliphatic rings. The molecule has 1 aromatic carbocycles. The number of carbonyl (C=O) groups is 2. The summed E-state index contributed by atoms with van der Waals surface area (Å²) in [6.07, 6.45) is 0.608. The first kappa shape index (κ1) is 20.2. The molecule has 28 heavy (non-hydrogen) atoms. The number of piperazine rings is 1. The van der Waals surface area contributed by atoms with Crippen molar-refractivity contribution >= 4 is 27.6 Å². The Bertz CT molecular complexity index is 865. The highest BCUT2D eigenvalue weighted by molar-refractivity contribution is 7.89. The van der Waals surface area contributed by atoms with Crippen LogP contribution in [-0.2, 0) is 14.8 Å². The van der Waals surface area contributed by atoms with Crippen molar-refractivity contribution in [2.75, 3.05) is 45.8 Å². The number of nitro groups is 1. The van der Waals surface area contributed by atoms with E-state index in [1.807, 2.05) is 0 Å². The second-order valence-electron chi connectivity index (χ2n) is 6.56. The van der Waals surface area contributed by atoms with Crippen LogP contribution in [-0.4, -0.2) is 85.2 Å². The van der Waals surface area contributed by atoms with Crippen molar-refractivity contribution in [3.63, 3.8) is 0 Å². The van der Waals surface area contributed by atoms with Gasteiger partial charge in [-0.25, -0.2) is 13.2 Å². The van der Waals surface area contributed by atoms with E-state index in [2.05, 4.69) is 10.2 Å². The Hall–Kier alpha value is -2.57. The lowest BCUT2D eigenvalue weighted by atomic mass is 10.3. The van der Waals surface area contributed by atoms with Crippen LogP contribution in [0.4, 0.5) is 10.5 Å². The van der Waals surface area contributed by atoms with Gasteiger partial charge >= 0.3 is 6.03 Å². The number of sulfonamides is 1. The number of urea groups is 1. The predicted molar refractivity (Wildman–Crippen MR) is 98.0 cm³/mol. The van der Waals surface area contributed by atoms with Gasteiger partial charge in [-0.2, -0.15) is 4.31 Å². The fourth-order valence-corrected chi connectivity index (χ4v) is 4.70. The van der Waals surface area contributed by atoms with Crippen molar-refractivity contribution in [1.82, 2.24) is 19.4 Å². The van der Waals surface area contributed by atoms with Crippen molar-refractivity contribution in [2.24, 2.45) is 0 Å². The highest BCUT2D eigenvalue weighted by Gasteiger charge is 2.30. The summed E-state index contributed by atoms with van der Waals surface area (Å²) in [5.74, 6) is -0.238. The van der Waals surface area contributed by atoms with Gasteiger partial charge in [0.25, 0.3) is 5.69 Å². The van der Waals surface area contributed by atoms with Gasteiger partial charge in [-0.3, -0.25) is 19.8 Å². The Labute approximate surface area is 162 Å².